The summed E-state index contributed by atoms with van der Waals surface area (Å²) in [5, 5.41) is 37.6. The average molecular weight is 671 g/mol. The molecular weight excluding hydrogens is 645 g/mol. The fourth-order valence-electron chi connectivity index (χ4n) is 4.57. The van der Waals surface area contributed by atoms with Gasteiger partial charge in [-0.3, -0.25) is 0 Å². The van der Waals surface area contributed by atoms with Crippen LogP contribution in [0.25, 0.3) is 0 Å². The molecular formula is C30H26K4O8. The predicted octanol–water partition coefficient (Wildman–Crippen LogP) is -6.48. The summed E-state index contributed by atoms with van der Waals surface area (Å²) in [5.74, 6) is -4.35. The standard InChI is InChI=1S/C30H22O8.4K.4H/c31-26(32)19-3-1-18(2-4-19)17-30(23-11-5-20(6-12-23)27(33)34,24-13-7-21(8-14-24)28(35)36)25-15-9-22(10-16-25)29(37)38;;;;;;;;/h1-16H,17H2,(H,31,32)(H,33,34)(H,35,36)(H,37,38);;;;;;;;/q;4*+1;4*-1. The Hall–Kier alpha value is 1.31. The van der Waals surface area contributed by atoms with E-state index in [4.69, 9.17) is 0 Å². The van der Waals surface area contributed by atoms with Gasteiger partial charge in [-0.15, -0.1) is 0 Å². The minimum absolute atomic E-state index is 0. The summed E-state index contributed by atoms with van der Waals surface area (Å²) in [6.45, 7) is 0. The fourth-order valence-corrected chi connectivity index (χ4v) is 4.57. The second kappa shape index (κ2) is 19.8. The predicted molar refractivity (Wildman–Crippen MR) is 142 cm³/mol. The molecule has 0 aromatic heterocycles. The van der Waals surface area contributed by atoms with Crippen LogP contribution in [0.15, 0.2) is 97.1 Å². The third-order valence-electron chi connectivity index (χ3n) is 6.54. The van der Waals surface area contributed by atoms with Crippen LogP contribution in [-0.4, -0.2) is 44.3 Å². The van der Waals surface area contributed by atoms with Crippen molar-refractivity contribution in [3.8, 4) is 0 Å². The molecule has 0 bridgehead atoms. The Balaban J connectivity index is -0.000000700. The number of hydrogen-bond donors (Lipinski definition) is 4. The Morgan fingerprint density at radius 1 is 0.429 bits per heavy atom. The van der Waals surface area contributed by atoms with Crippen LogP contribution in [0.2, 0.25) is 0 Å². The van der Waals surface area contributed by atoms with Gasteiger partial charge in [-0.25, -0.2) is 19.2 Å². The molecule has 0 aliphatic carbocycles. The summed E-state index contributed by atoms with van der Waals surface area (Å²) in [7, 11) is 0. The van der Waals surface area contributed by atoms with Crippen LogP contribution in [0, 0.1) is 0 Å². The third-order valence-corrected chi connectivity index (χ3v) is 6.54. The van der Waals surface area contributed by atoms with Crippen LogP contribution in [0.5, 0.6) is 0 Å². The van der Waals surface area contributed by atoms with Crippen LogP contribution in [-0.2, 0) is 11.8 Å². The molecule has 0 atom stereocenters. The van der Waals surface area contributed by atoms with E-state index in [2.05, 4.69) is 0 Å². The van der Waals surface area contributed by atoms with Gasteiger partial charge in [0.1, 0.15) is 0 Å². The van der Waals surface area contributed by atoms with Crippen molar-refractivity contribution < 1.29 is 251 Å². The van der Waals surface area contributed by atoms with E-state index >= 15 is 0 Å². The van der Waals surface area contributed by atoms with E-state index < -0.39 is 29.3 Å². The number of carboxylic acid groups (broad SMARTS) is 4. The van der Waals surface area contributed by atoms with Gasteiger partial charge in [-0.1, -0.05) is 48.5 Å². The molecule has 4 aromatic rings. The molecule has 12 heteroatoms. The topological polar surface area (TPSA) is 149 Å². The largest absolute Gasteiger partial charge is 1.00 e. The average Bonchev–Trinajstić information content (AvgIpc) is 2.92. The van der Waals surface area contributed by atoms with Gasteiger partial charge in [0.2, 0.25) is 0 Å². The summed E-state index contributed by atoms with van der Waals surface area (Å²) >= 11 is 0. The van der Waals surface area contributed by atoms with Crippen LogP contribution < -0.4 is 206 Å². The minimum Gasteiger partial charge on any atom is -1.00 e. The second-order valence-electron chi connectivity index (χ2n) is 8.73. The first-order valence-electron chi connectivity index (χ1n) is 11.5. The molecule has 0 saturated heterocycles. The first-order valence-corrected chi connectivity index (χ1v) is 11.5. The number of carboxylic acids is 4. The first kappa shape index (κ1) is 43.3. The normalized spacial score (nSPS) is 10.0. The molecule has 0 radical (unpaired) electrons. The van der Waals surface area contributed by atoms with E-state index in [1.165, 1.54) is 48.5 Å². The molecule has 4 aromatic carbocycles. The van der Waals surface area contributed by atoms with E-state index in [1.54, 1.807) is 48.5 Å². The Kier molecular flexibility index (Phi) is 20.5. The van der Waals surface area contributed by atoms with Crippen molar-refractivity contribution >= 4 is 23.9 Å². The Bertz CT molecular complexity index is 1400. The molecule has 0 amide bonds. The molecule has 8 nitrogen and oxygen atoms in total. The molecule has 0 fully saturated rings. The third kappa shape index (κ3) is 10.4. The maximum atomic E-state index is 11.5. The zero-order valence-electron chi connectivity index (χ0n) is 27.9. The molecule has 42 heavy (non-hydrogen) atoms. The monoisotopic (exact) mass is 670 g/mol. The zero-order valence-corrected chi connectivity index (χ0v) is 36.4. The molecule has 4 N–H and O–H groups in total. The summed E-state index contributed by atoms with van der Waals surface area (Å²) in [6.07, 6.45) is 0.276. The molecule has 0 spiro atoms. The van der Waals surface area contributed by atoms with Gasteiger partial charge in [0, 0.05) is 5.41 Å². The van der Waals surface area contributed by atoms with Gasteiger partial charge >= 0.3 is 229 Å². The van der Waals surface area contributed by atoms with Crippen LogP contribution >= 0.6 is 0 Å². The zero-order chi connectivity index (χ0) is 27.4. The van der Waals surface area contributed by atoms with Crippen LogP contribution in [0.4, 0.5) is 0 Å². The van der Waals surface area contributed by atoms with Crippen molar-refractivity contribution in [2.24, 2.45) is 0 Å². The fraction of sp³-hybridized carbons (Fsp3) is 0.0667. The van der Waals surface area contributed by atoms with Crippen molar-refractivity contribution in [3.05, 3.63) is 142 Å². The summed E-state index contributed by atoms with van der Waals surface area (Å²) in [5.41, 5.74) is 2.12. The summed E-state index contributed by atoms with van der Waals surface area (Å²) in [6, 6.07) is 25.2. The quantitative estimate of drug-likeness (QED) is 0.102. The smallest absolute Gasteiger partial charge is 1.00 e. The Labute approximate surface area is 418 Å². The molecule has 0 unspecified atom stereocenters. The van der Waals surface area contributed by atoms with E-state index in [0.29, 0.717) is 16.7 Å². The SMILES string of the molecule is O=C(O)c1ccc(CC(c2ccc(C(=O)O)cc2)(c2ccc(C(=O)O)cc2)c2ccc(C(=O)O)cc2)cc1.[H-].[H-].[H-].[H-].[K+].[K+].[K+].[K+]. The van der Waals surface area contributed by atoms with Crippen molar-refractivity contribution in [3.63, 3.8) is 0 Å². The summed E-state index contributed by atoms with van der Waals surface area (Å²) < 4.78 is 0. The van der Waals surface area contributed by atoms with Gasteiger partial charge in [0.25, 0.3) is 0 Å². The van der Waals surface area contributed by atoms with Crippen molar-refractivity contribution in [1.82, 2.24) is 0 Å². The van der Waals surface area contributed by atoms with Gasteiger partial charge in [-0.2, -0.15) is 0 Å². The second-order valence-corrected chi connectivity index (χ2v) is 8.73. The maximum Gasteiger partial charge on any atom is 1.00 e. The van der Waals surface area contributed by atoms with E-state index in [-0.39, 0.29) is 240 Å². The minimum atomic E-state index is -1.09. The van der Waals surface area contributed by atoms with Crippen molar-refractivity contribution in [1.29, 1.82) is 0 Å². The molecule has 4 rings (SSSR count). The van der Waals surface area contributed by atoms with Gasteiger partial charge in [0.15, 0.2) is 0 Å². The molecule has 0 aliphatic rings. The number of rotatable bonds is 9. The van der Waals surface area contributed by atoms with Crippen molar-refractivity contribution in [2.45, 2.75) is 11.8 Å². The Morgan fingerprint density at radius 2 is 0.643 bits per heavy atom. The van der Waals surface area contributed by atoms with Gasteiger partial charge < -0.3 is 26.1 Å². The molecule has 0 aliphatic heterocycles. The first-order chi connectivity index (χ1) is 18.1. The number of benzene rings is 4. The number of hydrogen-bond acceptors (Lipinski definition) is 4. The maximum absolute atomic E-state index is 11.5. The molecule has 0 heterocycles. The molecule has 198 valence electrons. The number of carbonyl (C=O) groups is 4. The van der Waals surface area contributed by atoms with Crippen LogP contribution in [0.3, 0.4) is 0 Å². The Morgan fingerprint density at radius 3 is 0.857 bits per heavy atom. The van der Waals surface area contributed by atoms with Gasteiger partial charge in [0.05, 0.1) is 22.3 Å². The van der Waals surface area contributed by atoms with Gasteiger partial charge in [-0.05, 0) is 77.2 Å². The molecule has 0 saturated carbocycles. The van der Waals surface area contributed by atoms with Crippen LogP contribution in [0.1, 0.15) is 69.4 Å². The van der Waals surface area contributed by atoms with Crippen molar-refractivity contribution in [2.75, 3.05) is 0 Å². The van der Waals surface area contributed by atoms with E-state index in [0.717, 1.165) is 5.56 Å². The van der Waals surface area contributed by atoms with E-state index in [1.807, 2.05) is 0 Å². The number of aromatic carboxylic acids is 4. The summed E-state index contributed by atoms with van der Waals surface area (Å²) in [4.78, 5) is 45.9. The van der Waals surface area contributed by atoms with E-state index in [9.17, 15) is 39.6 Å².